The van der Waals surface area contributed by atoms with Gasteiger partial charge in [-0.1, -0.05) is 46.5 Å². The molecule has 4 rings (SSSR count). The molecular weight excluding hydrogens is 657 g/mol. The summed E-state index contributed by atoms with van der Waals surface area (Å²) in [4.78, 5) is 0. The first kappa shape index (κ1) is 34.7. The van der Waals surface area contributed by atoms with Crippen LogP contribution < -0.4 is 10.6 Å². The van der Waals surface area contributed by atoms with Gasteiger partial charge in [-0.3, -0.25) is 0 Å². The molecule has 0 spiro atoms. The molecule has 0 saturated heterocycles. The van der Waals surface area contributed by atoms with E-state index in [0.29, 0.717) is 12.8 Å². The number of benzene rings is 4. The highest BCUT2D eigenvalue weighted by Gasteiger charge is 2.40. The van der Waals surface area contributed by atoms with Gasteiger partial charge in [0.1, 0.15) is 17.5 Å². The Hall–Kier alpha value is -3.15. The molecule has 244 valence electrons. The van der Waals surface area contributed by atoms with E-state index in [4.69, 9.17) is 0 Å². The highest BCUT2D eigenvalue weighted by molar-refractivity contribution is 7.73. The Morgan fingerprint density at radius 3 is 1.18 bits per heavy atom. The lowest BCUT2D eigenvalue weighted by molar-refractivity contribution is 0.363. The molecule has 0 aliphatic carbocycles. The second kappa shape index (κ2) is 12.6. The fourth-order valence-electron chi connectivity index (χ4n) is 5.23. The van der Waals surface area contributed by atoms with E-state index in [1.54, 1.807) is 0 Å². The van der Waals surface area contributed by atoms with Crippen molar-refractivity contribution in [2.45, 2.75) is 52.9 Å². The Morgan fingerprint density at radius 1 is 0.400 bits per heavy atom. The molecular formula is C30H21F14P. The third-order valence-electron chi connectivity index (χ3n) is 7.46. The van der Waals surface area contributed by atoms with Crippen LogP contribution in [0.3, 0.4) is 0 Å². The van der Waals surface area contributed by atoms with E-state index in [1.807, 2.05) is 6.92 Å². The van der Waals surface area contributed by atoms with Gasteiger partial charge in [-0.05, 0) is 25.9 Å². The Morgan fingerprint density at radius 2 is 0.733 bits per heavy atom. The van der Waals surface area contributed by atoms with Crippen LogP contribution in [0.15, 0.2) is 0 Å². The number of unbranched alkanes of at least 4 members (excludes halogenated alkanes) is 3. The number of hydrogen-bond donors (Lipinski definition) is 0. The molecule has 1 unspecified atom stereocenters. The molecule has 0 radical (unpaired) electrons. The predicted molar refractivity (Wildman–Crippen MR) is 141 cm³/mol. The van der Waals surface area contributed by atoms with Crippen molar-refractivity contribution in [2.24, 2.45) is 5.41 Å². The Bertz CT molecular complexity index is 1820. The van der Waals surface area contributed by atoms with Crippen LogP contribution in [-0.2, 0) is 0 Å². The SMILES string of the molecule is CCCCCCC(C)(C)CP(c1c(F)c(F)c(F)c(F)c1F)c1c(F)c(F)c2c(F)c3c(F)c(F)c(F)c(F)c3c(F)c2c1F. The summed E-state index contributed by atoms with van der Waals surface area (Å²) in [5, 5.41) is -11.7. The van der Waals surface area contributed by atoms with E-state index < -0.39 is 133 Å². The number of hydrogen-bond acceptors (Lipinski definition) is 0. The zero-order valence-corrected chi connectivity index (χ0v) is 24.4. The average molecular weight is 678 g/mol. The third kappa shape index (κ3) is 5.61. The molecule has 0 fully saturated rings. The van der Waals surface area contributed by atoms with Gasteiger partial charge in [-0.15, -0.1) is 0 Å². The summed E-state index contributed by atoms with van der Waals surface area (Å²) in [6.45, 7) is 4.71. The quantitative estimate of drug-likeness (QED) is 0.0413. The van der Waals surface area contributed by atoms with E-state index in [0.717, 1.165) is 12.8 Å². The zero-order valence-electron chi connectivity index (χ0n) is 23.5. The topological polar surface area (TPSA) is 0 Å². The second-order valence-electron chi connectivity index (χ2n) is 11.2. The Labute approximate surface area is 247 Å². The number of fused-ring (bicyclic) bond motifs is 2. The van der Waals surface area contributed by atoms with Gasteiger partial charge in [0, 0.05) is 0 Å². The first-order chi connectivity index (χ1) is 20.9. The minimum Gasteiger partial charge on any atom is -0.205 e. The highest BCUT2D eigenvalue weighted by atomic mass is 31.1. The van der Waals surface area contributed by atoms with Gasteiger partial charge in [0.25, 0.3) is 0 Å². The molecule has 0 heterocycles. The van der Waals surface area contributed by atoms with Gasteiger partial charge in [0.15, 0.2) is 58.2 Å². The molecule has 4 aromatic rings. The van der Waals surface area contributed by atoms with Crippen molar-refractivity contribution in [3.8, 4) is 0 Å². The van der Waals surface area contributed by atoms with Crippen LogP contribution in [0.1, 0.15) is 52.9 Å². The summed E-state index contributed by atoms with van der Waals surface area (Å²) in [7, 11) is -3.55. The highest BCUT2D eigenvalue weighted by Crippen LogP contribution is 2.48. The van der Waals surface area contributed by atoms with E-state index in [-0.39, 0.29) is 6.42 Å². The molecule has 0 amide bonds. The average Bonchev–Trinajstić information content (AvgIpc) is 2.98. The fraction of sp³-hybridized carbons (Fsp3) is 0.333. The maximum atomic E-state index is 16.2. The van der Waals surface area contributed by atoms with Gasteiger partial charge >= 0.3 is 0 Å². The van der Waals surface area contributed by atoms with Crippen molar-refractivity contribution in [1.82, 2.24) is 0 Å². The Balaban J connectivity index is 2.16. The monoisotopic (exact) mass is 678 g/mol. The van der Waals surface area contributed by atoms with E-state index >= 15 is 30.7 Å². The minimum absolute atomic E-state index is 0.156. The molecule has 0 saturated carbocycles. The molecule has 4 aromatic carbocycles. The molecule has 45 heavy (non-hydrogen) atoms. The smallest absolute Gasteiger partial charge is 0.200 e. The summed E-state index contributed by atoms with van der Waals surface area (Å²) < 4.78 is 208. The van der Waals surface area contributed by atoms with Crippen molar-refractivity contribution < 1.29 is 61.5 Å². The summed E-state index contributed by atoms with van der Waals surface area (Å²) in [6, 6.07) is 0. The number of halogens is 14. The Kier molecular flexibility index (Phi) is 9.69. The normalized spacial score (nSPS) is 13.0. The number of rotatable bonds is 9. The van der Waals surface area contributed by atoms with Crippen molar-refractivity contribution in [3.05, 3.63) is 81.4 Å². The van der Waals surface area contributed by atoms with Crippen LogP contribution >= 0.6 is 7.92 Å². The maximum absolute atomic E-state index is 16.2. The van der Waals surface area contributed by atoms with Crippen LogP contribution in [0.2, 0.25) is 0 Å². The van der Waals surface area contributed by atoms with Crippen LogP contribution in [0.4, 0.5) is 61.5 Å². The first-order valence-electron chi connectivity index (χ1n) is 13.3. The maximum Gasteiger partial charge on any atom is 0.200 e. The van der Waals surface area contributed by atoms with Gasteiger partial charge in [-0.25, -0.2) is 61.5 Å². The lowest BCUT2D eigenvalue weighted by atomic mass is 9.89. The van der Waals surface area contributed by atoms with Crippen LogP contribution in [0, 0.1) is 86.9 Å². The van der Waals surface area contributed by atoms with Crippen molar-refractivity contribution in [1.29, 1.82) is 0 Å². The van der Waals surface area contributed by atoms with Crippen molar-refractivity contribution >= 4 is 40.1 Å². The summed E-state index contributed by atoms with van der Waals surface area (Å²) in [5.41, 5.74) is -1.22. The summed E-state index contributed by atoms with van der Waals surface area (Å²) >= 11 is 0. The lowest BCUT2D eigenvalue weighted by Crippen LogP contribution is -2.32. The molecule has 0 bridgehead atoms. The molecule has 0 N–H and O–H groups in total. The van der Waals surface area contributed by atoms with Crippen molar-refractivity contribution in [3.63, 3.8) is 0 Å². The fourth-order valence-corrected chi connectivity index (χ4v) is 8.14. The standard InChI is InChI=1S/C30H21F14P/c1-4-5-6-7-8-30(2,3)9-45(29-26(43)23(40)22(39)24(41)27(29)44)28-19(36)13-12(18(35)25(28)42)14(31)10-11(15(13)32)17(34)21(38)20(37)16(10)33/h4-9H2,1-3H3. The first-order valence-corrected chi connectivity index (χ1v) is 14.9. The van der Waals surface area contributed by atoms with Gasteiger partial charge in [0.2, 0.25) is 5.82 Å². The summed E-state index contributed by atoms with van der Waals surface area (Å²) in [5.74, 6) is -35.5. The van der Waals surface area contributed by atoms with Crippen LogP contribution in [0.5, 0.6) is 0 Å². The molecule has 0 aromatic heterocycles. The van der Waals surface area contributed by atoms with Gasteiger partial charge < -0.3 is 0 Å². The van der Waals surface area contributed by atoms with Gasteiger partial charge in [0.05, 0.1) is 32.2 Å². The predicted octanol–water partition coefficient (Wildman–Crippen LogP) is 10.4. The van der Waals surface area contributed by atoms with Crippen molar-refractivity contribution in [2.75, 3.05) is 6.16 Å². The summed E-state index contributed by atoms with van der Waals surface area (Å²) in [6.07, 6.45) is 1.92. The van der Waals surface area contributed by atoms with E-state index in [1.165, 1.54) is 13.8 Å². The molecule has 0 nitrogen and oxygen atoms in total. The minimum atomic E-state index is -3.55. The van der Waals surface area contributed by atoms with Crippen LogP contribution in [-0.4, -0.2) is 6.16 Å². The largest absolute Gasteiger partial charge is 0.205 e. The van der Waals surface area contributed by atoms with E-state index in [2.05, 4.69) is 0 Å². The van der Waals surface area contributed by atoms with Gasteiger partial charge in [-0.2, -0.15) is 0 Å². The molecule has 15 heteroatoms. The zero-order chi connectivity index (χ0) is 33.9. The molecule has 0 aliphatic rings. The third-order valence-corrected chi connectivity index (χ3v) is 10.5. The molecule has 0 aliphatic heterocycles. The van der Waals surface area contributed by atoms with Crippen LogP contribution in [0.25, 0.3) is 21.5 Å². The molecule has 1 atom stereocenters. The van der Waals surface area contributed by atoms with E-state index in [9.17, 15) is 30.7 Å². The second-order valence-corrected chi connectivity index (χ2v) is 13.2. The lowest BCUT2D eigenvalue weighted by Gasteiger charge is -2.32.